The van der Waals surface area contributed by atoms with Gasteiger partial charge in [0.1, 0.15) is 5.75 Å². The minimum Gasteiger partial charge on any atom is -0.507 e. The molecule has 1 aromatic heterocycles. The van der Waals surface area contributed by atoms with Crippen LogP contribution in [0.3, 0.4) is 0 Å². The van der Waals surface area contributed by atoms with Crippen LogP contribution in [0, 0.1) is 0 Å². The van der Waals surface area contributed by atoms with Crippen molar-refractivity contribution in [2.45, 2.75) is 13.5 Å². The van der Waals surface area contributed by atoms with Crippen molar-refractivity contribution in [3.63, 3.8) is 0 Å². The third-order valence-electron chi connectivity index (χ3n) is 1.88. The Bertz CT molecular complexity index is 438. The van der Waals surface area contributed by atoms with Crippen molar-refractivity contribution in [2.75, 3.05) is 0 Å². The molecule has 0 radical (unpaired) electrons. The molecule has 0 aliphatic rings. The number of aromatic hydroxyl groups is 1. The second-order valence-corrected chi connectivity index (χ2v) is 2.82. The van der Waals surface area contributed by atoms with Crippen LogP contribution >= 0.6 is 0 Å². The van der Waals surface area contributed by atoms with E-state index in [1.807, 2.05) is 13.0 Å². The van der Waals surface area contributed by atoms with Crippen molar-refractivity contribution in [3.8, 4) is 17.1 Å². The van der Waals surface area contributed by atoms with Gasteiger partial charge < -0.3 is 5.11 Å². The summed E-state index contributed by atoms with van der Waals surface area (Å²) in [4.78, 5) is 1.47. The average Bonchev–Trinajstić information content (AvgIpc) is 2.67. The van der Waals surface area contributed by atoms with Gasteiger partial charge in [0.25, 0.3) is 0 Å². The van der Waals surface area contributed by atoms with E-state index in [4.69, 9.17) is 0 Å². The Morgan fingerprint density at radius 3 is 2.79 bits per heavy atom. The Morgan fingerprint density at radius 2 is 2.14 bits per heavy atom. The molecular weight excluding hydrogens is 180 g/mol. The maximum Gasteiger partial charge on any atom is 0.208 e. The highest BCUT2D eigenvalue weighted by atomic mass is 16.3. The van der Waals surface area contributed by atoms with Crippen LogP contribution in [-0.4, -0.2) is 25.3 Å². The van der Waals surface area contributed by atoms with Gasteiger partial charge >= 0.3 is 0 Å². The predicted octanol–water partition coefficient (Wildman–Crippen LogP) is 1.07. The number of tetrazole rings is 1. The van der Waals surface area contributed by atoms with E-state index in [-0.39, 0.29) is 5.75 Å². The summed E-state index contributed by atoms with van der Waals surface area (Å²) in [6.45, 7) is 2.59. The lowest BCUT2D eigenvalue weighted by Crippen LogP contribution is -1.98. The third-order valence-corrected chi connectivity index (χ3v) is 1.88. The molecule has 72 valence electrons. The Hall–Kier alpha value is -1.91. The number of benzene rings is 1. The third kappa shape index (κ3) is 1.44. The van der Waals surface area contributed by atoms with E-state index in [9.17, 15) is 5.11 Å². The van der Waals surface area contributed by atoms with E-state index in [0.29, 0.717) is 17.9 Å². The highest BCUT2D eigenvalue weighted by Crippen LogP contribution is 2.24. The fraction of sp³-hybridized carbons (Fsp3) is 0.222. The largest absolute Gasteiger partial charge is 0.507 e. The van der Waals surface area contributed by atoms with Gasteiger partial charge in [-0.25, -0.2) is 0 Å². The molecule has 1 heterocycles. The maximum absolute atomic E-state index is 9.53. The van der Waals surface area contributed by atoms with Gasteiger partial charge in [0.15, 0.2) is 0 Å². The molecule has 0 saturated heterocycles. The monoisotopic (exact) mass is 190 g/mol. The number of hydrogen-bond donors (Lipinski definition) is 1. The quantitative estimate of drug-likeness (QED) is 0.769. The number of phenolic OH excluding ortho intramolecular Hbond substituents is 1. The van der Waals surface area contributed by atoms with Crippen molar-refractivity contribution in [1.29, 1.82) is 0 Å². The molecule has 0 aliphatic heterocycles. The summed E-state index contributed by atoms with van der Waals surface area (Å²) in [7, 11) is 0. The Balaban J connectivity index is 2.44. The molecule has 2 aromatic rings. The van der Waals surface area contributed by atoms with Crippen LogP contribution in [0.15, 0.2) is 24.3 Å². The Morgan fingerprint density at radius 1 is 1.36 bits per heavy atom. The van der Waals surface area contributed by atoms with Crippen molar-refractivity contribution >= 4 is 0 Å². The SMILES string of the molecule is CCn1nnc(-c2ccccc2O)n1. The first kappa shape index (κ1) is 8.68. The van der Waals surface area contributed by atoms with Gasteiger partial charge in [-0.2, -0.15) is 4.80 Å². The van der Waals surface area contributed by atoms with E-state index in [1.165, 1.54) is 4.80 Å². The van der Waals surface area contributed by atoms with Gasteiger partial charge in [-0.15, -0.1) is 10.2 Å². The summed E-state index contributed by atoms with van der Waals surface area (Å²) >= 11 is 0. The maximum atomic E-state index is 9.53. The smallest absolute Gasteiger partial charge is 0.208 e. The first-order chi connectivity index (χ1) is 6.81. The van der Waals surface area contributed by atoms with E-state index < -0.39 is 0 Å². The average molecular weight is 190 g/mol. The van der Waals surface area contributed by atoms with E-state index in [2.05, 4.69) is 15.4 Å². The molecule has 0 spiro atoms. The summed E-state index contributed by atoms with van der Waals surface area (Å²) in [5.41, 5.74) is 0.604. The first-order valence-corrected chi connectivity index (χ1v) is 4.37. The number of aromatic nitrogens is 4. The molecule has 0 fully saturated rings. The van der Waals surface area contributed by atoms with Crippen LogP contribution in [0.25, 0.3) is 11.4 Å². The molecule has 0 saturated carbocycles. The topological polar surface area (TPSA) is 63.8 Å². The van der Waals surface area contributed by atoms with Gasteiger partial charge in [-0.05, 0) is 24.3 Å². The van der Waals surface area contributed by atoms with Crippen LogP contribution in [0.5, 0.6) is 5.75 Å². The summed E-state index contributed by atoms with van der Waals surface area (Å²) in [6, 6.07) is 6.93. The minimum absolute atomic E-state index is 0.170. The van der Waals surface area contributed by atoms with Gasteiger partial charge in [0.2, 0.25) is 5.82 Å². The Labute approximate surface area is 81.0 Å². The lowest BCUT2D eigenvalue weighted by atomic mass is 10.2. The van der Waals surface area contributed by atoms with Crippen LogP contribution in [0.4, 0.5) is 0 Å². The van der Waals surface area contributed by atoms with Gasteiger partial charge in [-0.1, -0.05) is 12.1 Å². The zero-order chi connectivity index (χ0) is 9.97. The highest BCUT2D eigenvalue weighted by molar-refractivity contribution is 5.62. The van der Waals surface area contributed by atoms with Crippen molar-refractivity contribution in [3.05, 3.63) is 24.3 Å². The van der Waals surface area contributed by atoms with Gasteiger partial charge in [0, 0.05) is 0 Å². The number of rotatable bonds is 2. The summed E-state index contributed by atoms with van der Waals surface area (Å²) in [6.07, 6.45) is 0. The molecule has 2 rings (SSSR count). The minimum atomic E-state index is 0.170. The molecule has 0 unspecified atom stereocenters. The molecule has 14 heavy (non-hydrogen) atoms. The van der Waals surface area contributed by atoms with E-state index >= 15 is 0 Å². The lowest BCUT2D eigenvalue weighted by Gasteiger charge is -1.96. The summed E-state index contributed by atoms with van der Waals surface area (Å²) < 4.78 is 0. The lowest BCUT2D eigenvalue weighted by molar-refractivity contribution is 0.477. The van der Waals surface area contributed by atoms with Gasteiger partial charge in [0.05, 0.1) is 12.1 Å². The number of nitrogens with zero attached hydrogens (tertiary/aromatic N) is 4. The molecule has 5 nitrogen and oxygen atoms in total. The molecule has 0 aliphatic carbocycles. The number of aryl methyl sites for hydroxylation is 1. The molecule has 1 aromatic carbocycles. The van der Waals surface area contributed by atoms with Crippen LogP contribution in [0.2, 0.25) is 0 Å². The highest BCUT2D eigenvalue weighted by Gasteiger charge is 2.08. The van der Waals surface area contributed by atoms with E-state index in [0.717, 1.165) is 0 Å². The molecular formula is C9H10N4O. The van der Waals surface area contributed by atoms with Crippen molar-refractivity contribution in [2.24, 2.45) is 0 Å². The zero-order valence-electron chi connectivity index (χ0n) is 7.75. The Kier molecular flexibility index (Phi) is 2.14. The second-order valence-electron chi connectivity index (χ2n) is 2.82. The second kappa shape index (κ2) is 3.45. The molecule has 0 bridgehead atoms. The molecule has 1 N–H and O–H groups in total. The number of para-hydroxylation sites is 1. The molecule has 0 atom stereocenters. The fourth-order valence-electron chi connectivity index (χ4n) is 1.15. The molecule has 5 heteroatoms. The van der Waals surface area contributed by atoms with Gasteiger partial charge in [-0.3, -0.25) is 0 Å². The zero-order valence-corrected chi connectivity index (χ0v) is 7.75. The summed E-state index contributed by atoms with van der Waals surface area (Å²) in [5, 5.41) is 21.3. The van der Waals surface area contributed by atoms with Crippen LogP contribution in [-0.2, 0) is 6.54 Å². The predicted molar refractivity (Wildman–Crippen MR) is 50.6 cm³/mol. The standard InChI is InChI=1S/C9H10N4O/c1-2-13-11-9(10-12-13)7-5-3-4-6-8(7)14/h3-6,14H,2H2,1H3. The van der Waals surface area contributed by atoms with Crippen LogP contribution in [0.1, 0.15) is 6.92 Å². The number of hydrogen-bond acceptors (Lipinski definition) is 4. The summed E-state index contributed by atoms with van der Waals surface area (Å²) in [5.74, 6) is 0.619. The molecule has 0 amide bonds. The number of phenols is 1. The van der Waals surface area contributed by atoms with Crippen molar-refractivity contribution in [1.82, 2.24) is 20.2 Å². The first-order valence-electron chi connectivity index (χ1n) is 4.37. The van der Waals surface area contributed by atoms with Crippen LogP contribution < -0.4 is 0 Å². The van der Waals surface area contributed by atoms with E-state index in [1.54, 1.807) is 18.2 Å². The fourth-order valence-corrected chi connectivity index (χ4v) is 1.15. The normalized spacial score (nSPS) is 10.4. The van der Waals surface area contributed by atoms with Crippen molar-refractivity contribution < 1.29 is 5.11 Å².